The van der Waals surface area contributed by atoms with Gasteiger partial charge in [0.2, 0.25) is 0 Å². The predicted molar refractivity (Wildman–Crippen MR) is 122 cm³/mol. The van der Waals surface area contributed by atoms with Gasteiger partial charge in [-0.1, -0.05) is 72.3 Å². The van der Waals surface area contributed by atoms with Crippen LogP contribution in [-0.4, -0.2) is 23.3 Å². The number of halogens is 1. The van der Waals surface area contributed by atoms with Gasteiger partial charge < -0.3 is 5.32 Å². The van der Waals surface area contributed by atoms with Crippen molar-refractivity contribution in [3.63, 3.8) is 0 Å². The summed E-state index contributed by atoms with van der Waals surface area (Å²) in [4.78, 5) is 17.7. The Morgan fingerprint density at radius 2 is 1.66 bits per heavy atom. The highest BCUT2D eigenvalue weighted by atomic mass is 35.5. The summed E-state index contributed by atoms with van der Waals surface area (Å²) in [5.41, 5.74) is 6.98. The van der Waals surface area contributed by atoms with Crippen LogP contribution in [0.25, 0.3) is 0 Å². The van der Waals surface area contributed by atoms with Gasteiger partial charge in [-0.25, -0.2) is 15.2 Å². The van der Waals surface area contributed by atoms with Gasteiger partial charge in [-0.15, -0.1) is 0 Å². The van der Waals surface area contributed by atoms with Gasteiger partial charge in [0.1, 0.15) is 4.99 Å². The number of aliphatic imine (C=N–C) groups is 1. The third kappa shape index (κ3) is 4.45. The summed E-state index contributed by atoms with van der Waals surface area (Å²) in [7, 11) is 0. The molecular formula is C22H17ClN4OS. The van der Waals surface area contributed by atoms with Crippen molar-refractivity contribution in [2.75, 3.05) is 16.9 Å². The van der Waals surface area contributed by atoms with Crippen LogP contribution in [-0.2, 0) is 0 Å². The zero-order valence-corrected chi connectivity index (χ0v) is 16.9. The number of anilines is 2. The molecule has 0 fully saturated rings. The molecule has 2 amide bonds. The highest BCUT2D eigenvalue weighted by Gasteiger charge is 2.23. The topological polar surface area (TPSA) is 56.7 Å². The maximum atomic E-state index is 12.6. The largest absolute Gasteiger partial charge is 0.338 e. The number of amides is 2. The van der Waals surface area contributed by atoms with Crippen molar-refractivity contribution >= 4 is 51.9 Å². The average molecular weight is 421 g/mol. The van der Waals surface area contributed by atoms with E-state index < -0.39 is 0 Å². The van der Waals surface area contributed by atoms with Crippen molar-refractivity contribution in [1.82, 2.24) is 5.43 Å². The molecule has 7 heteroatoms. The Hall–Kier alpha value is -3.22. The van der Waals surface area contributed by atoms with Gasteiger partial charge in [-0.3, -0.25) is 5.01 Å². The molecule has 0 radical (unpaired) electrons. The summed E-state index contributed by atoms with van der Waals surface area (Å²) >= 11 is 11.4. The first kappa shape index (κ1) is 19.1. The van der Waals surface area contributed by atoms with E-state index in [1.54, 1.807) is 29.3 Å². The lowest BCUT2D eigenvalue weighted by molar-refractivity contribution is 0.251. The fourth-order valence-corrected chi connectivity index (χ4v) is 3.43. The van der Waals surface area contributed by atoms with Crippen LogP contribution in [0, 0.1) is 0 Å². The second-order valence-electron chi connectivity index (χ2n) is 6.40. The molecule has 0 unspecified atom stereocenters. The summed E-state index contributed by atoms with van der Waals surface area (Å²) in [5, 5.41) is 5.11. The number of hydrazine groups is 1. The number of fused-ring (bicyclic) bond motifs is 1. The minimum absolute atomic E-state index is 0.288. The zero-order valence-electron chi connectivity index (χ0n) is 15.3. The molecule has 1 aliphatic rings. The predicted octanol–water partition coefficient (Wildman–Crippen LogP) is 5.06. The second kappa shape index (κ2) is 8.43. The molecule has 2 N–H and O–H groups in total. The molecule has 0 atom stereocenters. The Labute approximate surface area is 179 Å². The van der Waals surface area contributed by atoms with E-state index in [1.165, 1.54) is 0 Å². The number of urea groups is 1. The van der Waals surface area contributed by atoms with E-state index in [0.29, 0.717) is 15.7 Å². The number of para-hydroxylation sites is 1. The van der Waals surface area contributed by atoms with E-state index in [4.69, 9.17) is 23.8 Å². The van der Waals surface area contributed by atoms with Gasteiger partial charge in [0.15, 0.2) is 0 Å². The Bertz CT molecular complexity index is 1080. The molecule has 5 nitrogen and oxygen atoms in total. The van der Waals surface area contributed by atoms with Crippen molar-refractivity contribution in [2.24, 2.45) is 4.99 Å². The van der Waals surface area contributed by atoms with Crippen molar-refractivity contribution in [2.45, 2.75) is 0 Å². The summed E-state index contributed by atoms with van der Waals surface area (Å²) in [6, 6.07) is 24.2. The zero-order chi connectivity index (χ0) is 20.2. The molecule has 0 aliphatic carbocycles. The van der Waals surface area contributed by atoms with E-state index in [2.05, 4.69) is 15.7 Å². The number of carbonyl (C=O) groups excluding carboxylic acids is 1. The number of thiocarbonyl (C=S) groups is 1. The number of benzene rings is 3. The highest BCUT2D eigenvalue weighted by molar-refractivity contribution is 7.80. The first-order valence-corrected chi connectivity index (χ1v) is 9.76. The molecule has 1 aliphatic heterocycles. The number of nitrogens with zero attached hydrogens (tertiary/aromatic N) is 2. The molecule has 29 heavy (non-hydrogen) atoms. The molecule has 0 saturated heterocycles. The molecule has 0 bridgehead atoms. The van der Waals surface area contributed by atoms with Crippen molar-refractivity contribution in [3.8, 4) is 0 Å². The Morgan fingerprint density at radius 3 is 2.41 bits per heavy atom. The van der Waals surface area contributed by atoms with Gasteiger partial charge in [0.25, 0.3) is 0 Å². The lowest BCUT2D eigenvalue weighted by Crippen LogP contribution is -2.46. The summed E-state index contributed by atoms with van der Waals surface area (Å²) in [6.07, 6.45) is 0. The molecule has 3 aromatic carbocycles. The number of benzodiazepines with no additional fused rings is 1. The van der Waals surface area contributed by atoms with E-state index in [-0.39, 0.29) is 12.6 Å². The lowest BCUT2D eigenvalue weighted by Gasteiger charge is -2.25. The quantitative estimate of drug-likeness (QED) is 0.582. The fourth-order valence-electron chi connectivity index (χ4n) is 3.08. The van der Waals surface area contributed by atoms with Crippen LogP contribution in [0.15, 0.2) is 83.9 Å². The highest BCUT2D eigenvalue weighted by Crippen LogP contribution is 2.26. The smallest absolute Gasteiger partial charge is 0.307 e. The SMILES string of the molecule is O=C(Nc1ccc(Cl)cc1)NN1CC(=S)N=C(c2ccccc2)c2ccccc21. The number of rotatable bonds is 3. The molecule has 0 saturated carbocycles. The molecule has 0 spiro atoms. The van der Waals surface area contributed by atoms with Gasteiger partial charge in [0, 0.05) is 21.8 Å². The van der Waals surface area contributed by atoms with Gasteiger partial charge in [0.05, 0.1) is 17.9 Å². The van der Waals surface area contributed by atoms with Crippen LogP contribution < -0.4 is 15.8 Å². The number of hydrogen-bond acceptors (Lipinski definition) is 3. The Balaban J connectivity index is 1.62. The minimum Gasteiger partial charge on any atom is -0.307 e. The fraction of sp³-hybridized carbons (Fsp3) is 0.0455. The van der Waals surface area contributed by atoms with Gasteiger partial charge in [-0.2, -0.15) is 0 Å². The molecule has 144 valence electrons. The summed E-state index contributed by atoms with van der Waals surface area (Å²) < 4.78 is 0. The Morgan fingerprint density at radius 1 is 0.966 bits per heavy atom. The normalized spacial score (nSPS) is 13.2. The van der Waals surface area contributed by atoms with Gasteiger partial charge >= 0.3 is 6.03 Å². The van der Waals surface area contributed by atoms with Crippen LogP contribution in [0.1, 0.15) is 11.1 Å². The van der Waals surface area contributed by atoms with Crippen LogP contribution in [0.3, 0.4) is 0 Å². The number of nitrogens with one attached hydrogen (secondary N) is 2. The van der Waals surface area contributed by atoms with Crippen LogP contribution in [0.2, 0.25) is 5.02 Å². The second-order valence-corrected chi connectivity index (χ2v) is 7.30. The molecular weight excluding hydrogens is 404 g/mol. The molecule has 4 rings (SSSR count). The standard InChI is InChI=1S/C22H17ClN4OS/c23-16-10-12-17(13-11-16)24-22(28)26-27-14-20(29)25-21(15-6-2-1-3-7-15)18-8-4-5-9-19(18)27/h1-13H,14H2,(H2,24,26,28). The van der Waals surface area contributed by atoms with Crippen LogP contribution in [0.4, 0.5) is 16.2 Å². The van der Waals surface area contributed by atoms with Crippen LogP contribution in [0.5, 0.6) is 0 Å². The first-order chi connectivity index (χ1) is 14.1. The minimum atomic E-state index is -0.381. The summed E-state index contributed by atoms with van der Waals surface area (Å²) in [5.74, 6) is 0. The average Bonchev–Trinajstić information content (AvgIpc) is 2.87. The number of carbonyl (C=O) groups is 1. The van der Waals surface area contributed by atoms with Crippen molar-refractivity contribution < 1.29 is 4.79 Å². The maximum Gasteiger partial charge on any atom is 0.338 e. The Kier molecular flexibility index (Phi) is 5.55. The third-order valence-electron chi connectivity index (χ3n) is 4.37. The third-order valence-corrected chi connectivity index (χ3v) is 4.84. The van der Waals surface area contributed by atoms with Crippen molar-refractivity contribution in [1.29, 1.82) is 0 Å². The first-order valence-electron chi connectivity index (χ1n) is 8.97. The summed E-state index contributed by atoms with van der Waals surface area (Å²) in [6.45, 7) is 0.288. The van der Waals surface area contributed by atoms with E-state index in [9.17, 15) is 4.79 Å². The van der Waals surface area contributed by atoms with E-state index in [1.807, 2.05) is 54.6 Å². The van der Waals surface area contributed by atoms with Crippen LogP contribution >= 0.6 is 23.8 Å². The van der Waals surface area contributed by atoms with E-state index in [0.717, 1.165) is 22.5 Å². The number of hydrogen-bond donors (Lipinski definition) is 2. The molecule has 3 aromatic rings. The maximum absolute atomic E-state index is 12.6. The van der Waals surface area contributed by atoms with Gasteiger partial charge in [-0.05, 0) is 30.3 Å². The van der Waals surface area contributed by atoms with E-state index >= 15 is 0 Å². The van der Waals surface area contributed by atoms with Crippen molar-refractivity contribution in [3.05, 3.63) is 95.0 Å². The lowest BCUT2D eigenvalue weighted by atomic mass is 10.0. The monoisotopic (exact) mass is 420 g/mol. The molecule has 0 aromatic heterocycles. The molecule has 1 heterocycles.